The van der Waals surface area contributed by atoms with E-state index in [0.717, 1.165) is 5.56 Å². The van der Waals surface area contributed by atoms with Crippen LogP contribution in [0.4, 0.5) is 0 Å². The first-order valence-electron chi connectivity index (χ1n) is 8.75. The summed E-state index contributed by atoms with van der Waals surface area (Å²) in [5.41, 5.74) is 1.31. The first-order valence-corrected chi connectivity index (χ1v) is 8.75. The Kier molecular flexibility index (Phi) is 9.13. The molecule has 0 aromatic heterocycles. The molecule has 6 heteroatoms. The van der Waals surface area contributed by atoms with Crippen molar-refractivity contribution in [1.82, 2.24) is 0 Å². The molecule has 0 aliphatic heterocycles. The van der Waals surface area contributed by atoms with Crippen LogP contribution in [-0.4, -0.2) is 32.8 Å². The molecule has 0 radical (unpaired) electrons. The van der Waals surface area contributed by atoms with Crippen LogP contribution in [0.2, 0.25) is 0 Å². The molecule has 0 bridgehead atoms. The molecule has 1 rings (SSSR count). The van der Waals surface area contributed by atoms with Gasteiger partial charge in [0.2, 0.25) is 5.75 Å². The highest BCUT2D eigenvalue weighted by molar-refractivity contribution is 5.87. The average Bonchev–Trinajstić information content (AvgIpc) is 2.64. The first kappa shape index (κ1) is 22.3. The average molecular weight is 376 g/mol. The zero-order chi connectivity index (χ0) is 20.4. The molecule has 0 spiro atoms. The topological polar surface area (TPSA) is 71.1 Å². The van der Waals surface area contributed by atoms with E-state index in [4.69, 9.17) is 18.9 Å². The molecule has 0 atom stereocenters. The number of rotatable bonds is 9. The first-order chi connectivity index (χ1) is 12.8. The maximum Gasteiger partial charge on any atom is 0.333 e. The van der Waals surface area contributed by atoms with Gasteiger partial charge in [0.25, 0.3) is 0 Å². The minimum absolute atomic E-state index is 0.139. The molecule has 1 aromatic carbocycles. The van der Waals surface area contributed by atoms with Crippen molar-refractivity contribution in [3.63, 3.8) is 0 Å². The van der Waals surface area contributed by atoms with Gasteiger partial charge in [-0.1, -0.05) is 26.0 Å². The van der Waals surface area contributed by atoms with Gasteiger partial charge in [-0.2, -0.15) is 0 Å². The highest BCUT2D eigenvalue weighted by Gasteiger charge is 2.18. The lowest BCUT2D eigenvalue weighted by Crippen LogP contribution is -2.12. The van der Waals surface area contributed by atoms with Gasteiger partial charge in [-0.25, -0.2) is 4.79 Å². The SMILES string of the molecule is C/C=C(\C)C(=O)OC/C=C/c1cc(OC)c(OC(=O)CC(C)C)c(OC)c1. The van der Waals surface area contributed by atoms with Crippen molar-refractivity contribution in [1.29, 1.82) is 0 Å². The normalized spacial score (nSPS) is 11.6. The molecule has 6 nitrogen and oxygen atoms in total. The van der Waals surface area contributed by atoms with Crippen LogP contribution in [0.15, 0.2) is 29.9 Å². The van der Waals surface area contributed by atoms with Gasteiger partial charge >= 0.3 is 11.9 Å². The van der Waals surface area contributed by atoms with Crippen LogP contribution in [0, 0.1) is 5.92 Å². The van der Waals surface area contributed by atoms with Gasteiger partial charge in [0.1, 0.15) is 6.61 Å². The highest BCUT2D eigenvalue weighted by atomic mass is 16.6. The quantitative estimate of drug-likeness (QED) is 0.366. The number of allylic oxidation sites excluding steroid dienone is 1. The third-order valence-corrected chi connectivity index (χ3v) is 3.65. The maximum atomic E-state index is 12.0. The molecule has 0 saturated carbocycles. The number of ether oxygens (including phenoxy) is 4. The Morgan fingerprint density at radius 3 is 2.19 bits per heavy atom. The molecule has 0 heterocycles. The molecular weight excluding hydrogens is 348 g/mol. The predicted molar refractivity (Wildman–Crippen MR) is 104 cm³/mol. The Morgan fingerprint density at radius 2 is 1.70 bits per heavy atom. The standard InChI is InChI=1S/C21H28O6/c1-7-15(4)21(23)26-10-8-9-16-12-17(24-5)20(18(13-16)25-6)27-19(22)11-14(2)3/h7-9,12-14H,10-11H2,1-6H3/b9-8+,15-7+. The van der Waals surface area contributed by atoms with Crippen molar-refractivity contribution >= 4 is 18.0 Å². The van der Waals surface area contributed by atoms with E-state index in [2.05, 4.69) is 0 Å². The van der Waals surface area contributed by atoms with Gasteiger partial charge in [0, 0.05) is 12.0 Å². The number of esters is 2. The zero-order valence-corrected chi connectivity index (χ0v) is 16.8. The van der Waals surface area contributed by atoms with Gasteiger partial charge in [0.05, 0.1) is 14.2 Å². The second kappa shape index (κ2) is 11.1. The lowest BCUT2D eigenvalue weighted by atomic mass is 10.1. The summed E-state index contributed by atoms with van der Waals surface area (Å²) in [6, 6.07) is 3.44. The number of benzene rings is 1. The Hall–Kier alpha value is -2.76. The van der Waals surface area contributed by atoms with Gasteiger partial charge < -0.3 is 18.9 Å². The molecule has 0 aliphatic carbocycles. The Bertz CT molecular complexity index is 690. The lowest BCUT2D eigenvalue weighted by molar-refractivity contribution is -0.138. The van der Waals surface area contributed by atoms with Crippen LogP contribution in [0.25, 0.3) is 6.08 Å². The summed E-state index contributed by atoms with van der Waals surface area (Å²) in [5.74, 6) is 0.491. The summed E-state index contributed by atoms with van der Waals surface area (Å²) in [5, 5.41) is 0. The van der Waals surface area contributed by atoms with Gasteiger partial charge in [-0.05, 0) is 43.5 Å². The Labute approximate surface area is 160 Å². The van der Waals surface area contributed by atoms with Crippen LogP contribution in [0.3, 0.4) is 0 Å². The third kappa shape index (κ3) is 7.17. The summed E-state index contributed by atoms with van der Waals surface area (Å²) in [4.78, 5) is 23.6. The summed E-state index contributed by atoms with van der Waals surface area (Å²) < 4.78 is 21.2. The molecule has 27 heavy (non-hydrogen) atoms. The monoisotopic (exact) mass is 376 g/mol. The van der Waals surface area contributed by atoms with Crippen molar-refractivity contribution in [2.75, 3.05) is 20.8 Å². The Morgan fingerprint density at radius 1 is 1.11 bits per heavy atom. The fourth-order valence-corrected chi connectivity index (χ4v) is 2.13. The number of methoxy groups -OCH3 is 2. The smallest absolute Gasteiger partial charge is 0.333 e. The van der Waals surface area contributed by atoms with Crippen LogP contribution in [0.1, 0.15) is 39.7 Å². The van der Waals surface area contributed by atoms with E-state index in [-0.39, 0.29) is 30.2 Å². The van der Waals surface area contributed by atoms with Gasteiger partial charge in [-0.15, -0.1) is 0 Å². The minimum atomic E-state index is -0.357. The number of carbonyl (C=O) groups is 2. The fraction of sp³-hybridized carbons (Fsp3) is 0.429. The fourth-order valence-electron chi connectivity index (χ4n) is 2.13. The summed E-state index contributed by atoms with van der Waals surface area (Å²) >= 11 is 0. The molecule has 148 valence electrons. The summed E-state index contributed by atoms with van der Waals surface area (Å²) in [6.07, 6.45) is 5.47. The molecule has 0 aliphatic rings. The second-order valence-corrected chi connectivity index (χ2v) is 6.30. The van der Waals surface area contributed by atoms with Crippen molar-refractivity contribution in [3.8, 4) is 17.2 Å². The Balaban J connectivity index is 2.93. The molecule has 0 unspecified atom stereocenters. The molecular formula is C21H28O6. The van der Waals surface area contributed by atoms with Crippen molar-refractivity contribution in [3.05, 3.63) is 35.4 Å². The van der Waals surface area contributed by atoms with Gasteiger partial charge in [0.15, 0.2) is 11.5 Å². The molecule has 0 fully saturated rings. The molecule has 0 amide bonds. The molecule has 0 saturated heterocycles. The van der Waals surface area contributed by atoms with Crippen LogP contribution >= 0.6 is 0 Å². The van der Waals surface area contributed by atoms with Crippen LogP contribution in [-0.2, 0) is 14.3 Å². The molecule has 1 aromatic rings. The molecule has 0 N–H and O–H groups in total. The third-order valence-electron chi connectivity index (χ3n) is 3.65. The summed E-state index contributed by atoms with van der Waals surface area (Å²) in [7, 11) is 2.98. The van der Waals surface area contributed by atoms with Crippen molar-refractivity contribution in [2.24, 2.45) is 5.92 Å². The number of hydrogen-bond donors (Lipinski definition) is 0. The van der Waals surface area contributed by atoms with Crippen molar-refractivity contribution in [2.45, 2.75) is 34.1 Å². The second-order valence-electron chi connectivity index (χ2n) is 6.30. The number of carbonyl (C=O) groups excluding carboxylic acids is 2. The number of hydrogen-bond acceptors (Lipinski definition) is 6. The van der Waals surface area contributed by atoms with Crippen LogP contribution < -0.4 is 14.2 Å². The summed E-state index contributed by atoms with van der Waals surface area (Å²) in [6.45, 7) is 7.49. The van der Waals surface area contributed by atoms with E-state index in [1.165, 1.54) is 14.2 Å². The van der Waals surface area contributed by atoms with E-state index < -0.39 is 0 Å². The van der Waals surface area contributed by atoms with E-state index >= 15 is 0 Å². The van der Waals surface area contributed by atoms with Gasteiger partial charge in [-0.3, -0.25) is 4.79 Å². The lowest BCUT2D eigenvalue weighted by Gasteiger charge is -2.14. The predicted octanol–water partition coefficient (Wildman–Crippen LogP) is 4.18. The van der Waals surface area contributed by atoms with E-state index in [0.29, 0.717) is 23.5 Å². The van der Waals surface area contributed by atoms with Crippen LogP contribution in [0.5, 0.6) is 17.2 Å². The van der Waals surface area contributed by atoms with E-state index in [9.17, 15) is 9.59 Å². The highest BCUT2D eigenvalue weighted by Crippen LogP contribution is 2.39. The van der Waals surface area contributed by atoms with Crippen molar-refractivity contribution < 1.29 is 28.5 Å². The van der Waals surface area contributed by atoms with E-state index in [1.807, 2.05) is 13.8 Å². The minimum Gasteiger partial charge on any atom is -0.493 e. The van der Waals surface area contributed by atoms with E-state index in [1.54, 1.807) is 44.2 Å². The maximum absolute atomic E-state index is 12.0. The largest absolute Gasteiger partial charge is 0.493 e. The zero-order valence-electron chi connectivity index (χ0n) is 16.8.